The minimum Gasteiger partial charge on any atom is -0.494 e. The highest BCUT2D eigenvalue weighted by Gasteiger charge is 2.12. The fourth-order valence-corrected chi connectivity index (χ4v) is 3.81. The number of hydrogen-bond donors (Lipinski definition) is 0. The number of nitrogens with zero attached hydrogens (tertiary/aromatic N) is 3. The third-order valence-electron chi connectivity index (χ3n) is 4.27. The monoisotopic (exact) mass is 407 g/mol. The second-order valence-electron chi connectivity index (χ2n) is 6.39. The molecule has 0 aliphatic heterocycles. The molecule has 2 heterocycles. The van der Waals surface area contributed by atoms with E-state index in [9.17, 15) is 4.79 Å². The molecule has 0 saturated heterocycles. The van der Waals surface area contributed by atoms with Gasteiger partial charge in [-0.1, -0.05) is 36.5 Å². The molecular formula is C22H21N3O3S. The highest BCUT2D eigenvalue weighted by Crippen LogP contribution is 2.21. The first-order valence-corrected chi connectivity index (χ1v) is 10.4. The smallest absolute Gasteiger partial charge is 0.291 e. The SMILES string of the molecule is CCCOc1ccccc1/C=c1\sc2nc(-c3ccc(OCC)cc3)nn2c1=O. The van der Waals surface area contributed by atoms with Gasteiger partial charge in [0.05, 0.1) is 17.7 Å². The molecule has 148 valence electrons. The van der Waals surface area contributed by atoms with Gasteiger partial charge in [0.2, 0.25) is 4.96 Å². The van der Waals surface area contributed by atoms with E-state index >= 15 is 0 Å². The highest BCUT2D eigenvalue weighted by atomic mass is 32.1. The van der Waals surface area contributed by atoms with Gasteiger partial charge in [0.25, 0.3) is 5.56 Å². The van der Waals surface area contributed by atoms with Crippen molar-refractivity contribution < 1.29 is 9.47 Å². The predicted octanol–water partition coefficient (Wildman–Crippen LogP) is 3.55. The second-order valence-corrected chi connectivity index (χ2v) is 7.40. The number of rotatable bonds is 7. The number of aromatic nitrogens is 3. The van der Waals surface area contributed by atoms with E-state index in [0.717, 1.165) is 29.0 Å². The van der Waals surface area contributed by atoms with Crippen LogP contribution < -0.4 is 19.6 Å². The van der Waals surface area contributed by atoms with Crippen molar-refractivity contribution in [3.05, 3.63) is 69.0 Å². The zero-order chi connectivity index (χ0) is 20.2. The average molecular weight is 407 g/mol. The summed E-state index contributed by atoms with van der Waals surface area (Å²) in [5.74, 6) is 2.08. The summed E-state index contributed by atoms with van der Waals surface area (Å²) in [4.78, 5) is 17.9. The van der Waals surface area contributed by atoms with Crippen molar-refractivity contribution in [2.24, 2.45) is 0 Å². The van der Waals surface area contributed by atoms with E-state index < -0.39 is 0 Å². The summed E-state index contributed by atoms with van der Waals surface area (Å²) < 4.78 is 13.2. The Morgan fingerprint density at radius 3 is 2.59 bits per heavy atom. The van der Waals surface area contributed by atoms with Crippen molar-refractivity contribution in [2.45, 2.75) is 20.3 Å². The van der Waals surface area contributed by atoms with Gasteiger partial charge < -0.3 is 9.47 Å². The Hall–Kier alpha value is -3.19. The molecule has 0 aliphatic rings. The first-order chi connectivity index (χ1) is 14.2. The van der Waals surface area contributed by atoms with Crippen LogP contribution in [0.25, 0.3) is 22.4 Å². The molecule has 0 bridgehead atoms. The lowest BCUT2D eigenvalue weighted by molar-refractivity contribution is 0.317. The largest absolute Gasteiger partial charge is 0.494 e. The molecule has 4 rings (SSSR count). The Kier molecular flexibility index (Phi) is 5.57. The van der Waals surface area contributed by atoms with Crippen LogP contribution >= 0.6 is 11.3 Å². The highest BCUT2D eigenvalue weighted by molar-refractivity contribution is 7.15. The van der Waals surface area contributed by atoms with E-state index in [4.69, 9.17) is 9.47 Å². The lowest BCUT2D eigenvalue weighted by Crippen LogP contribution is -2.23. The van der Waals surface area contributed by atoms with E-state index in [1.807, 2.05) is 61.5 Å². The first kappa shape index (κ1) is 19.1. The Morgan fingerprint density at radius 2 is 1.86 bits per heavy atom. The summed E-state index contributed by atoms with van der Waals surface area (Å²) in [7, 11) is 0. The molecule has 0 fully saturated rings. The molecule has 0 saturated carbocycles. The van der Waals surface area contributed by atoms with Gasteiger partial charge >= 0.3 is 0 Å². The summed E-state index contributed by atoms with van der Waals surface area (Å²) in [5.41, 5.74) is 1.53. The van der Waals surface area contributed by atoms with Crippen molar-refractivity contribution >= 4 is 22.4 Å². The number of benzene rings is 2. The normalized spacial score (nSPS) is 11.9. The van der Waals surface area contributed by atoms with Crippen LogP contribution in [0.2, 0.25) is 0 Å². The first-order valence-electron chi connectivity index (χ1n) is 9.56. The molecule has 0 radical (unpaired) electrons. The van der Waals surface area contributed by atoms with Crippen LogP contribution in [0.1, 0.15) is 25.8 Å². The summed E-state index contributed by atoms with van der Waals surface area (Å²) in [6, 6.07) is 15.2. The maximum absolute atomic E-state index is 12.8. The van der Waals surface area contributed by atoms with Crippen LogP contribution in [0, 0.1) is 0 Å². The zero-order valence-corrected chi connectivity index (χ0v) is 17.1. The Balaban J connectivity index is 1.69. The van der Waals surface area contributed by atoms with Gasteiger partial charge in [0.15, 0.2) is 5.82 Å². The van der Waals surface area contributed by atoms with E-state index in [2.05, 4.69) is 17.0 Å². The molecule has 0 unspecified atom stereocenters. The van der Waals surface area contributed by atoms with Gasteiger partial charge in [-0.25, -0.2) is 0 Å². The Bertz CT molecular complexity index is 1230. The molecule has 0 atom stereocenters. The van der Waals surface area contributed by atoms with Crippen LogP contribution in [-0.2, 0) is 0 Å². The van der Waals surface area contributed by atoms with Crippen LogP contribution in [0.5, 0.6) is 11.5 Å². The van der Waals surface area contributed by atoms with Gasteiger partial charge in [-0.15, -0.1) is 5.10 Å². The van der Waals surface area contributed by atoms with Crippen LogP contribution in [0.15, 0.2) is 53.3 Å². The summed E-state index contributed by atoms with van der Waals surface area (Å²) in [6.07, 6.45) is 2.76. The minimum atomic E-state index is -0.181. The summed E-state index contributed by atoms with van der Waals surface area (Å²) in [6.45, 7) is 5.25. The fourth-order valence-electron chi connectivity index (χ4n) is 2.91. The molecule has 6 nitrogen and oxygen atoms in total. The minimum absolute atomic E-state index is 0.181. The Labute approximate surface area is 172 Å². The molecule has 2 aromatic heterocycles. The van der Waals surface area contributed by atoms with Gasteiger partial charge in [0.1, 0.15) is 11.5 Å². The number of fused-ring (bicyclic) bond motifs is 1. The van der Waals surface area contributed by atoms with E-state index in [1.54, 1.807) is 0 Å². The van der Waals surface area contributed by atoms with Crippen molar-refractivity contribution in [3.63, 3.8) is 0 Å². The number of para-hydroxylation sites is 1. The second kappa shape index (κ2) is 8.45. The van der Waals surface area contributed by atoms with E-state index in [0.29, 0.717) is 28.5 Å². The van der Waals surface area contributed by atoms with E-state index in [-0.39, 0.29) is 5.56 Å². The predicted molar refractivity (Wildman–Crippen MR) is 115 cm³/mol. The van der Waals surface area contributed by atoms with Crippen LogP contribution in [0.3, 0.4) is 0 Å². The molecule has 2 aromatic carbocycles. The van der Waals surface area contributed by atoms with Crippen molar-refractivity contribution in [2.75, 3.05) is 13.2 Å². The standard InChI is InChI=1S/C22H21N3O3S/c1-3-13-28-18-8-6-5-7-16(18)14-19-21(26)25-22(29-19)23-20(24-25)15-9-11-17(12-10-15)27-4-2/h5-12,14H,3-4,13H2,1-2H3/b19-14-. The molecule has 0 spiro atoms. The summed E-state index contributed by atoms with van der Waals surface area (Å²) >= 11 is 1.32. The third kappa shape index (κ3) is 4.00. The van der Waals surface area contributed by atoms with Crippen molar-refractivity contribution in [1.82, 2.24) is 14.6 Å². The van der Waals surface area contributed by atoms with Crippen LogP contribution in [-0.4, -0.2) is 27.8 Å². The van der Waals surface area contributed by atoms with Crippen molar-refractivity contribution in [3.8, 4) is 22.9 Å². The quantitative estimate of drug-likeness (QED) is 0.469. The fraction of sp³-hybridized carbons (Fsp3) is 0.227. The van der Waals surface area contributed by atoms with Gasteiger partial charge in [-0.2, -0.15) is 9.50 Å². The van der Waals surface area contributed by atoms with Gasteiger partial charge in [-0.3, -0.25) is 4.79 Å². The maximum atomic E-state index is 12.8. The molecular weight excluding hydrogens is 386 g/mol. The van der Waals surface area contributed by atoms with Crippen molar-refractivity contribution in [1.29, 1.82) is 0 Å². The molecule has 0 aliphatic carbocycles. The average Bonchev–Trinajstić information content (AvgIpc) is 3.28. The third-order valence-corrected chi connectivity index (χ3v) is 5.23. The van der Waals surface area contributed by atoms with E-state index in [1.165, 1.54) is 15.9 Å². The molecule has 0 N–H and O–H groups in total. The zero-order valence-electron chi connectivity index (χ0n) is 16.3. The number of thiazole rings is 1. The number of hydrogen-bond acceptors (Lipinski definition) is 6. The lowest BCUT2D eigenvalue weighted by atomic mass is 10.2. The summed E-state index contributed by atoms with van der Waals surface area (Å²) in [5, 5.41) is 4.40. The molecule has 0 amide bonds. The molecule has 29 heavy (non-hydrogen) atoms. The maximum Gasteiger partial charge on any atom is 0.291 e. The number of ether oxygens (including phenoxy) is 2. The lowest BCUT2D eigenvalue weighted by Gasteiger charge is -2.07. The Morgan fingerprint density at radius 1 is 1.07 bits per heavy atom. The molecule has 4 aromatic rings. The van der Waals surface area contributed by atoms with Gasteiger partial charge in [0, 0.05) is 11.1 Å². The topological polar surface area (TPSA) is 65.7 Å². The molecule has 7 heteroatoms. The van der Waals surface area contributed by atoms with Crippen LogP contribution in [0.4, 0.5) is 0 Å². The van der Waals surface area contributed by atoms with Gasteiger partial charge in [-0.05, 0) is 49.8 Å².